The number of aliphatic hydroxyl groups excluding tert-OH is 1. The van der Waals surface area contributed by atoms with Crippen LogP contribution in [-0.4, -0.2) is 130 Å². The molecule has 3 saturated heterocycles. The summed E-state index contributed by atoms with van der Waals surface area (Å²) in [4.78, 5) is 43.8. The number of carbonyl (C=O) groups excluding carboxylic acids is 3. The number of hydrogen-bond donors (Lipinski definition) is 5. The maximum absolute atomic E-state index is 14.3. The number of methoxy groups -OCH3 is 1. The first-order valence-corrected chi connectivity index (χ1v) is 20.7. The number of Topliss-reactive ketones (excluding diaryl/α,β-unsaturated/α-hetero) is 1. The minimum absolute atomic E-state index is 0.0444. The van der Waals surface area contributed by atoms with Gasteiger partial charge in [-0.1, -0.05) is 38.1 Å². The van der Waals surface area contributed by atoms with E-state index in [9.17, 15) is 19.5 Å². The van der Waals surface area contributed by atoms with Gasteiger partial charge in [0.2, 0.25) is 0 Å². The second kappa shape index (κ2) is 19.1. The number of cyclic esters (lactones) is 1. The summed E-state index contributed by atoms with van der Waals surface area (Å²) in [6.07, 6.45) is -0.837. The number of nitrogens with two attached hydrogens (primary N) is 3. The molecule has 3 fully saturated rings. The van der Waals surface area contributed by atoms with Gasteiger partial charge in [0.15, 0.2) is 17.7 Å². The van der Waals surface area contributed by atoms with Crippen LogP contribution in [-0.2, 0) is 39.8 Å². The number of rotatable bonds is 11. The zero-order chi connectivity index (χ0) is 42.5. The van der Waals surface area contributed by atoms with Crippen molar-refractivity contribution in [2.24, 2.45) is 29.2 Å². The van der Waals surface area contributed by atoms with E-state index in [0.717, 1.165) is 11.3 Å². The highest BCUT2D eigenvalue weighted by Gasteiger charge is 2.58. The van der Waals surface area contributed by atoms with Crippen LogP contribution in [0.1, 0.15) is 80.6 Å². The van der Waals surface area contributed by atoms with E-state index in [4.69, 9.17) is 40.9 Å². The molecule has 1 amide bonds. The van der Waals surface area contributed by atoms with Gasteiger partial charge in [-0.05, 0) is 84.4 Å². The monoisotopic (exact) mass is 814 g/mol. The molecule has 17 heteroatoms. The summed E-state index contributed by atoms with van der Waals surface area (Å²) in [6.45, 7) is 14.4. The standard InChI is InChI=1S/C41H66N8O9/c1-9-32-41(7)35(49(39(53)58-41)16-11-10-15-48-22-31(46-47-48)27-13-12-14-28(43)17-27)26(5)45-21-23(2)19-40(6,54-8)36(24(3)33(50)25(4)37(52)56-32)57-38-34(51)30(44)18-29(20-42)55-38/h12-14,17,22-26,29-30,32,34-36,38,45,51H,9-11,15-16,18-21,42-44H2,1-8H3/t23-,24-,25-,26-,29+,30+,32-,34-,35-,36-,38?,40-,41-/m1/s1. The Bertz CT molecular complexity index is 1710. The van der Waals surface area contributed by atoms with E-state index in [2.05, 4.69) is 22.6 Å². The highest BCUT2D eigenvalue weighted by atomic mass is 16.7. The number of aromatic nitrogens is 3. The topological polar surface area (TPSA) is 242 Å². The fraction of sp³-hybridized carbons (Fsp3) is 0.732. The molecule has 0 radical (unpaired) electrons. The summed E-state index contributed by atoms with van der Waals surface area (Å²) in [5.74, 6) is -3.35. The number of fused-ring (bicyclic) bond motifs is 1. The van der Waals surface area contributed by atoms with Crippen LogP contribution in [0.4, 0.5) is 10.5 Å². The van der Waals surface area contributed by atoms with Gasteiger partial charge in [-0.2, -0.15) is 0 Å². The molecule has 1 aromatic carbocycles. The van der Waals surface area contributed by atoms with E-state index in [-0.39, 0.29) is 18.5 Å². The average molecular weight is 815 g/mol. The molecule has 1 unspecified atom stereocenters. The third-order valence-electron chi connectivity index (χ3n) is 12.4. The number of aliphatic hydroxyl groups is 1. The first-order chi connectivity index (χ1) is 27.5. The first-order valence-electron chi connectivity index (χ1n) is 20.7. The summed E-state index contributed by atoms with van der Waals surface area (Å²) in [5, 5.41) is 23.3. The number of ketones is 1. The Morgan fingerprint density at radius 3 is 2.50 bits per heavy atom. The van der Waals surface area contributed by atoms with Crippen LogP contribution in [0.15, 0.2) is 30.5 Å². The molecule has 0 saturated carbocycles. The predicted molar refractivity (Wildman–Crippen MR) is 216 cm³/mol. The lowest BCUT2D eigenvalue weighted by molar-refractivity contribution is -0.289. The van der Waals surface area contributed by atoms with Crippen LogP contribution in [0, 0.1) is 17.8 Å². The lowest BCUT2D eigenvalue weighted by Gasteiger charge is -2.45. The first kappa shape index (κ1) is 45.4. The summed E-state index contributed by atoms with van der Waals surface area (Å²) in [6, 6.07) is 5.97. The van der Waals surface area contributed by atoms with Crippen molar-refractivity contribution >= 4 is 23.5 Å². The number of carbonyl (C=O) groups is 3. The molecule has 8 N–H and O–H groups in total. The molecular formula is C41H66N8O9. The van der Waals surface area contributed by atoms with E-state index in [1.807, 2.05) is 51.2 Å². The van der Waals surface area contributed by atoms with Crippen molar-refractivity contribution < 1.29 is 43.2 Å². The van der Waals surface area contributed by atoms with Crippen molar-refractivity contribution in [1.29, 1.82) is 0 Å². The van der Waals surface area contributed by atoms with Crippen molar-refractivity contribution in [2.45, 2.75) is 147 Å². The summed E-state index contributed by atoms with van der Waals surface area (Å²) >= 11 is 0. The number of anilines is 1. The van der Waals surface area contributed by atoms with Crippen molar-refractivity contribution in [1.82, 2.24) is 25.2 Å². The Labute approximate surface area is 341 Å². The van der Waals surface area contributed by atoms with E-state index >= 15 is 0 Å². The van der Waals surface area contributed by atoms with Gasteiger partial charge >= 0.3 is 12.1 Å². The van der Waals surface area contributed by atoms with Crippen LogP contribution in [0.5, 0.6) is 0 Å². The van der Waals surface area contributed by atoms with Gasteiger partial charge in [0, 0.05) is 56.0 Å². The van der Waals surface area contributed by atoms with Gasteiger partial charge in [0.05, 0.1) is 30.0 Å². The number of nitrogens with zero attached hydrogens (tertiary/aromatic N) is 4. The largest absolute Gasteiger partial charge is 0.458 e. The Balaban J connectivity index is 1.37. The van der Waals surface area contributed by atoms with E-state index in [1.165, 1.54) is 6.92 Å². The van der Waals surface area contributed by atoms with Crippen LogP contribution in [0.25, 0.3) is 11.3 Å². The molecule has 58 heavy (non-hydrogen) atoms. The smallest absolute Gasteiger partial charge is 0.410 e. The Hall–Kier alpha value is -3.71. The number of esters is 1. The summed E-state index contributed by atoms with van der Waals surface area (Å²) in [7, 11) is 1.55. The molecule has 5 rings (SSSR count). The maximum atomic E-state index is 14.3. The SMILES string of the molecule is CC[C@H]1OC(=O)[C@H](C)C(=O)[C@@H](C)[C@@H](OC2O[C@H](CN)C[C@H](N)[C@H]2O)[C@](C)(OC)C[C@@H](C)CN[C@H](C)[C@H]2N(CCCCn3cc(-c4cccc(N)c4)nn3)C(=O)O[C@]12C. The van der Waals surface area contributed by atoms with Crippen LogP contribution in [0.3, 0.4) is 0 Å². The van der Waals surface area contributed by atoms with E-state index in [0.29, 0.717) is 57.4 Å². The number of aryl methyl sites for hydroxylation is 1. The molecule has 1 aromatic heterocycles. The van der Waals surface area contributed by atoms with Gasteiger partial charge in [0.25, 0.3) is 0 Å². The van der Waals surface area contributed by atoms with Gasteiger partial charge in [-0.15, -0.1) is 5.10 Å². The number of nitrogen functional groups attached to an aromatic ring is 1. The number of nitrogens with one attached hydrogen (secondary N) is 1. The predicted octanol–water partition coefficient (Wildman–Crippen LogP) is 2.62. The van der Waals surface area contributed by atoms with E-state index < -0.39 is 83.7 Å². The second-order valence-corrected chi connectivity index (χ2v) is 17.0. The third kappa shape index (κ3) is 9.83. The molecule has 3 aliphatic heterocycles. The quantitative estimate of drug-likeness (QED) is 0.0948. The van der Waals surface area contributed by atoms with Crippen molar-refractivity contribution in [2.75, 3.05) is 32.5 Å². The fourth-order valence-electron chi connectivity index (χ4n) is 9.03. The number of ether oxygens (including phenoxy) is 5. The molecule has 3 aliphatic rings. The number of benzene rings is 1. The lowest BCUT2D eigenvalue weighted by atomic mass is 9.78. The Kier molecular flexibility index (Phi) is 15.0. The normalized spacial score (nSPS) is 36.8. The van der Waals surface area contributed by atoms with Crippen LogP contribution < -0.4 is 22.5 Å². The molecule has 0 spiro atoms. The number of amides is 1. The minimum Gasteiger partial charge on any atom is -0.458 e. The van der Waals surface area contributed by atoms with Crippen molar-refractivity contribution in [3.8, 4) is 11.3 Å². The molecule has 17 nitrogen and oxygen atoms in total. The Morgan fingerprint density at radius 2 is 1.83 bits per heavy atom. The van der Waals surface area contributed by atoms with Crippen molar-refractivity contribution in [3.63, 3.8) is 0 Å². The second-order valence-electron chi connectivity index (χ2n) is 17.0. The summed E-state index contributed by atoms with van der Waals surface area (Å²) in [5.41, 5.74) is 18.0. The summed E-state index contributed by atoms with van der Waals surface area (Å²) < 4.78 is 32.9. The number of hydrogen-bond acceptors (Lipinski definition) is 15. The van der Waals surface area contributed by atoms with Crippen molar-refractivity contribution in [3.05, 3.63) is 30.5 Å². The number of unbranched alkanes of at least 4 members (excludes halogenated alkanes) is 1. The minimum atomic E-state index is -1.25. The Morgan fingerprint density at radius 1 is 1.10 bits per heavy atom. The zero-order valence-electron chi connectivity index (χ0n) is 35.3. The highest BCUT2D eigenvalue weighted by Crippen LogP contribution is 2.40. The van der Waals surface area contributed by atoms with Gasteiger partial charge in [-0.3, -0.25) is 19.2 Å². The molecule has 0 aliphatic carbocycles. The van der Waals surface area contributed by atoms with Gasteiger partial charge in [-0.25, -0.2) is 4.79 Å². The third-order valence-corrected chi connectivity index (χ3v) is 12.4. The van der Waals surface area contributed by atoms with Crippen LogP contribution >= 0.6 is 0 Å². The average Bonchev–Trinajstić information content (AvgIpc) is 3.78. The lowest BCUT2D eigenvalue weighted by Crippen LogP contribution is -2.61. The molecule has 324 valence electrons. The molecular weight excluding hydrogens is 748 g/mol. The molecule has 0 bridgehead atoms. The molecule has 4 heterocycles. The highest BCUT2D eigenvalue weighted by molar-refractivity contribution is 6.00. The van der Waals surface area contributed by atoms with Gasteiger partial charge in [0.1, 0.15) is 23.8 Å². The fourth-order valence-corrected chi connectivity index (χ4v) is 9.03. The molecule has 13 atom stereocenters. The van der Waals surface area contributed by atoms with Gasteiger partial charge < -0.3 is 51.3 Å². The maximum Gasteiger partial charge on any atom is 0.410 e. The zero-order valence-corrected chi connectivity index (χ0v) is 35.3. The van der Waals surface area contributed by atoms with Crippen LogP contribution in [0.2, 0.25) is 0 Å². The molecule has 2 aromatic rings. The van der Waals surface area contributed by atoms with E-state index in [1.54, 1.807) is 30.5 Å².